The molecule has 4 nitrogen and oxygen atoms in total. The summed E-state index contributed by atoms with van der Waals surface area (Å²) in [6.45, 7) is 5.61. The first-order valence-corrected chi connectivity index (χ1v) is 4.66. The third-order valence-electron chi connectivity index (χ3n) is 1.74. The average molecular weight is 199 g/mol. The number of carboxylic acids is 1. The quantitative estimate of drug-likeness (QED) is 0.660. The van der Waals surface area contributed by atoms with E-state index in [2.05, 4.69) is 5.32 Å². The highest BCUT2D eigenvalue weighted by Crippen LogP contribution is 2.03. The van der Waals surface area contributed by atoms with E-state index in [0.717, 1.165) is 6.42 Å². The Morgan fingerprint density at radius 1 is 1.43 bits per heavy atom. The number of nitrogens with one attached hydrogen (secondary N) is 1. The Balaban J connectivity index is 3.99. The first-order valence-electron chi connectivity index (χ1n) is 4.66. The van der Waals surface area contributed by atoms with Crippen molar-refractivity contribution in [2.75, 3.05) is 0 Å². The molecule has 0 spiro atoms. The number of allylic oxidation sites excluding steroid dienone is 1. The molecule has 0 aliphatic heterocycles. The van der Waals surface area contributed by atoms with E-state index >= 15 is 0 Å². The molecule has 0 saturated carbocycles. The molecule has 0 radical (unpaired) electrons. The summed E-state index contributed by atoms with van der Waals surface area (Å²) in [6, 6.07) is 0. The van der Waals surface area contributed by atoms with Gasteiger partial charge in [0.2, 0.25) is 5.91 Å². The van der Waals surface area contributed by atoms with Crippen molar-refractivity contribution in [1.29, 1.82) is 0 Å². The van der Waals surface area contributed by atoms with Crippen LogP contribution in [0.5, 0.6) is 0 Å². The fraction of sp³-hybridized carbons (Fsp3) is 0.600. The summed E-state index contributed by atoms with van der Waals surface area (Å²) in [7, 11) is 0. The van der Waals surface area contributed by atoms with Crippen molar-refractivity contribution in [3.05, 3.63) is 11.8 Å². The van der Waals surface area contributed by atoms with Gasteiger partial charge in [-0.25, -0.2) is 4.79 Å². The highest BCUT2D eigenvalue weighted by molar-refractivity contribution is 5.92. The lowest BCUT2D eigenvalue weighted by atomic mass is 10.1. The molecule has 0 unspecified atom stereocenters. The molecule has 0 heterocycles. The summed E-state index contributed by atoms with van der Waals surface area (Å²) in [6.07, 6.45) is 2.50. The van der Waals surface area contributed by atoms with E-state index in [1.54, 1.807) is 6.92 Å². The molecule has 0 aromatic heterocycles. The maximum Gasteiger partial charge on any atom is 0.352 e. The zero-order chi connectivity index (χ0) is 11.1. The standard InChI is InChI=1S/C10H17NO3/c1-4-8(10(13)14)11-9(12)6-5-7(2)3/h4,7H,5-6H2,1-3H3,(H,11,12)(H,13,14)/b8-4+. The van der Waals surface area contributed by atoms with Crippen LogP contribution in [0.2, 0.25) is 0 Å². The Hall–Kier alpha value is -1.32. The van der Waals surface area contributed by atoms with Crippen molar-refractivity contribution in [3.8, 4) is 0 Å². The minimum absolute atomic E-state index is 0.0567. The maximum absolute atomic E-state index is 11.2. The van der Waals surface area contributed by atoms with E-state index in [1.165, 1.54) is 6.08 Å². The van der Waals surface area contributed by atoms with Crippen molar-refractivity contribution < 1.29 is 14.7 Å². The largest absolute Gasteiger partial charge is 0.477 e. The molecule has 0 aromatic carbocycles. The van der Waals surface area contributed by atoms with E-state index < -0.39 is 5.97 Å². The van der Waals surface area contributed by atoms with Gasteiger partial charge in [-0.15, -0.1) is 0 Å². The summed E-state index contributed by atoms with van der Waals surface area (Å²) in [5.41, 5.74) is -0.0567. The molecule has 0 atom stereocenters. The van der Waals surface area contributed by atoms with Crippen molar-refractivity contribution >= 4 is 11.9 Å². The van der Waals surface area contributed by atoms with Gasteiger partial charge < -0.3 is 10.4 Å². The number of carbonyl (C=O) groups is 2. The first kappa shape index (κ1) is 12.7. The summed E-state index contributed by atoms with van der Waals surface area (Å²) in [4.78, 5) is 21.7. The molecule has 0 rings (SSSR count). The highest BCUT2D eigenvalue weighted by atomic mass is 16.4. The average Bonchev–Trinajstić information content (AvgIpc) is 2.10. The third-order valence-corrected chi connectivity index (χ3v) is 1.74. The lowest BCUT2D eigenvalue weighted by Crippen LogP contribution is -2.27. The number of hydrogen-bond acceptors (Lipinski definition) is 2. The van der Waals surface area contributed by atoms with Crippen molar-refractivity contribution in [3.63, 3.8) is 0 Å². The smallest absolute Gasteiger partial charge is 0.352 e. The predicted octanol–water partition coefficient (Wildman–Crippen LogP) is 1.53. The molecule has 4 heteroatoms. The molecule has 0 bridgehead atoms. The van der Waals surface area contributed by atoms with E-state index in [9.17, 15) is 9.59 Å². The first-order chi connectivity index (χ1) is 6.47. The Bertz CT molecular complexity index is 244. The molecule has 14 heavy (non-hydrogen) atoms. The Morgan fingerprint density at radius 2 is 2.00 bits per heavy atom. The summed E-state index contributed by atoms with van der Waals surface area (Å²) in [5, 5.41) is 11.0. The molecular formula is C10H17NO3. The normalized spacial score (nSPS) is 11.6. The van der Waals surface area contributed by atoms with Crippen LogP contribution >= 0.6 is 0 Å². The van der Waals surface area contributed by atoms with Gasteiger partial charge in [0.15, 0.2) is 0 Å². The molecule has 80 valence electrons. The van der Waals surface area contributed by atoms with Crippen molar-refractivity contribution in [1.82, 2.24) is 5.32 Å². The molecule has 0 aromatic rings. The zero-order valence-corrected chi connectivity index (χ0v) is 8.83. The number of carboxylic acid groups (broad SMARTS) is 1. The van der Waals surface area contributed by atoms with Crippen LogP contribution in [0.4, 0.5) is 0 Å². The lowest BCUT2D eigenvalue weighted by Gasteiger charge is -2.06. The SMILES string of the molecule is C/C=C(/NC(=O)CCC(C)C)C(=O)O. The summed E-state index contributed by atoms with van der Waals surface area (Å²) < 4.78 is 0. The number of rotatable bonds is 5. The van der Waals surface area contributed by atoms with Crippen molar-refractivity contribution in [2.45, 2.75) is 33.6 Å². The van der Waals surface area contributed by atoms with Gasteiger partial charge in [0.1, 0.15) is 5.70 Å². The summed E-state index contributed by atoms with van der Waals surface area (Å²) in [5.74, 6) is -0.903. The lowest BCUT2D eigenvalue weighted by molar-refractivity contribution is -0.134. The molecule has 0 saturated heterocycles. The van der Waals surface area contributed by atoms with Crippen LogP contribution in [-0.4, -0.2) is 17.0 Å². The van der Waals surface area contributed by atoms with Crippen LogP contribution < -0.4 is 5.32 Å². The maximum atomic E-state index is 11.2. The molecule has 2 N–H and O–H groups in total. The Kier molecular flexibility index (Phi) is 5.60. The second kappa shape index (κ2) is 6.18. The van der Waals surface area contributed by atoms with Crippen LogP contribution in [0.1, 0.15) is 33.6 Å². The highest BCUT2D eigenvalue weighted by Gasteiger charge is 2.10. The minimum atomic E-state index is -1.11. The minimum Gasteiger partial charge on any atom is -0.477 e. The topological polar surface area (TPSA) is 66.4 Å². The fourth-order valence-electron chi connectivity index (χ4n) is 0.882. The van der Waals surface area contributed by atoms with Crippen LogP contribution in [-0.2, 0) is 9.59 Å². The van der Waals surface area contributed by atoms with Gasteiger partial charge in [-0.05, 0) is 19.3 Å². The zero-order valence-electron chi connectivity index (χ0n) is 8.83. The van der Waals surface area contributed by atoms with Gasteiger partial charge in [0, 0.05) is 6.42 Å². The molecule has 1 amide bonds. The van der Waals surface area contributed by atoms with Gasteiger partial charge in [-0.2, -0.15) is 0 Å². The number of aliphatic carboxylic acids is 1. The third kappa shape index (κ3) is 5.35. The van der Waals surface area contributed by atoms with Gasteiger partial charge >= 0.3 is 5.97 Å². The van der Waals surface area contributed by atoms with Crippen LogP contribution in [0, 0.1) is 5.92 Å². The van der Waals surface area contributed by atoms with E-state index in [4.69, 9.17) is 5.11 Å². The second-order valence-corrected chi connectivity index (χ2v) is 3.49. The molecule has 0 fully saturated rings. The Labute approximate surface area is 84.0 Å². The molecule has 0 aliphatic carbocycles. The Morgan fingerprint density at radius 3 is 2.36 bits per heavy atom. The number of hydrogen-bond donors (Lipinski definition) is 2. The number of amides is 1. The molecule has 0 aliphatic rings. The van der Waals surface area contributed by atoms with E-state index in [1.807, 2.05) is 13.8 Å². The van der Waals surface area contributed by atoms with Gasteiger partial charge in [-0.3, -0.25) is 4.79 Å². The van der Waals surface area contributed by atoms with Gasteiger partial charge in [0.05, 0.1) is 0 Å². The van der Waals surface area contributed by atoms with Crippen LogP contribution in [0.25, 0.3) is 0 Å². The van der Waals surface area contributed by atoms with Crippen molar-refractivity contribution in [2.24, 2.45) is 5.92 Å². The van der Waals surface area contributed by atoms with E-state index in [-0.39, 0.29) is 11.6 Å². The second-order valence-electron chi connectivity index (χ2n) is 3.49. The van der Waals surface area contributed by atoms with E-state index in [0.29, 0.717) is 12.3 Å². The van der Waals surface area contributed by atoms with Gasteiger partial charge in [-0.1, -0.05) is 19.9 Å². The summed E-state index contributed by atoms with van der Waals surface area (Å²) >= 11 is 0. The van der Waals surface area contributed by atoms with Crippen LogP contribution in [0.15, 0.2) is 11.8 Å². The number of carbonyl (C=O) groups excluding carboxylic acids is 1. The monoisotopic (exact) mass is 199 g/mol. The van der Waals surface area contributed by atoms with Gasteiger partial charge in [0.25, 0.3) is 0 Å². The molecular weight excluding hydrogens is 182 g/mol. The predicted molar refractivity (Wildman–Crippen MR) is 53.6 cm³/mol. The van der Waals surface area contributed by atoms with Crippen LogP contribution in [0.3, 0.4) is 0 Å². The fourth-order valence-corrected chi connectivity index (χ4v) is 0.882.